The topological polar surface area (TPSA) is 47.0 Å². The number of thiazole rings is 2. The normalized spacial score (nSPS) is 14.8. The monoisotopic (exact) mass is 295 g/mol. The smallest absolute Gasteiger partial charge is 0.183 e. The van der Waals surface area contributed by atoms with Crippen LogP contribution in [0.15, 0.2) is 5.38 Å². The Hall–Kier alpha value is -0.980. The Morgan fingerprint density at radius 2 is 2.26 bits per heavy atom. The van der Waals surface area contributed by atoms with Crippen molar-refractivity contribution < 1.29 is 4.74 Å². The van der Waals surface area contributed by atoms with Gasteiger partial charge >= 0.3 is 0 Å². The summed E-state index contributed by atoms with van der Waals surface area (Å²) >= 11 is 3.44. The molecular weight excluding hydrogens is 278 g/mol. The molecule has 0 atom stereocenters. The fraction of sp³-hybridized carbons (Fsp3) is 0.538. The number of ether oxygens (including phenoxy) is 1. The third-order valence-corrected chi connectivity index (χ3v) is 5.20. The molecule has 0 bridgehead atoms. The zero-order valence-corrected chi connectivity index (χ0v) is 12.7. The van der Waals surface area contributed by atoms with Crippen molar-refractivity contribution in [2.24, 2.45) is 0 Å². The first-order chi connectivity index (χ1) is 9.28. The van der Waals surface area contributed by atoms with Crippen molar-refractivity contribution in [2.45, 2.75) is 25.7 Å². The SMILES string of the molecule is COCCNc1nc(-c2sc(C3CC3)nc2C)cs1. The van der Waals surface area contributed by atoms with Crippen LogP contribution in [0.1, 0.15) is 29.5 Å². The average Bonchev–Trinajstić information content (AvgIpc) is 3.03. The molecule has 1 aliphatic rings. The second-order valence-electron chi connectivity index (χ2n) is 4.70. The first-order valence-corrected chi connectivity index (χ1v) is 8.13. The molecule has 1 saturated carbocycles. The maximum atomic E-state index is 5.02. The molecule has 0 spiro atoms. The number of nitrogens with zero attached hydrogens (tertiary/aromatic N) is 2. The van der Waals surface area contributed by atoms with E-state index in [1.165, 1.54) is 22.7 Å². The minimum atomic E-state index is 0.695. The van der Waals surface area contributed by atoms with Crippen LogP contribution in [0.2, 0.25) is 0 Å². The fourth-order valence-electron chi connectivity index (χ4n) is 1.88. The first-order valence-electron chi connectivity index (χ1n) is 6.44. The van der Waals surface area contributed by atoms with E-state index in [9.17, 15) is 0 Å². The second kappa shape index (κ2) is 5.56. The lowest BCUT2D eigenvalue weighted by Gasteiger charge is -1.99. The van der Waals surface area contributed by atoms with Crippen LogP contribution in [0, 0.1) is 6.92 Å². The van der Waals surface area contributed by atoms with Gasteiger partial charge in [-0.05, 0) is 19.8 Å². The van der Waals surface area contributed by atoms with Crippen molar-refractivity contribution >= 4 is 27.8 Å². The molecule has 1 N–H and O–H groups in total. The zero-order valence-electron chi connectivity index (χ0n) is 11.1. The maximum Gasteiger partial charge on any atom is 0.183 e. The summed E-state index contributed by atoms with van der Waals surface area (Å²) in [5, 5.41) is 7.61. The second-order valence-corrected chi connectivity index (χ2v) is 6.59. The van der Waals surface area contributed by atoms with Gasteiger partial charge in [-0.2, -0.15) is 0 Å². The predicted molar refractivity (Wildman–Crippen MR) is 80.3 cm³/mol. The Bertz CT molecular complexity index is 560. The van der Waals surface area contributed by atoms with E-state index in [1.807, 2.05) is 0 Å². The molecule has 0 amide bonds. The highest BCUT2D eigenvalue weighted by molar-refractivity contribution is 7.17. The molecule has 2 aromatic rings. The van der Waals surface area contributed by atoms with E-state index in [0.29, 0.717) is 6.61 Å². The summed E-state index contributed by atoms with van der Waals surface area (Å²) in [7, 11) is 1.70. The Balaban J connectivity index is 1.74. The molecule has 2 aromatic heterocycles. The highest BCUT2D eigenvalue weighted by Crippen LogP contribution is 2.44. The molecule has 2 heterocycles. The molecule has 3 rings (SSSR count). The Morgan fingerprint density at radius 3 is 3.00 bits per heavy atom. The lowest BCUT2D eigenvalue weighted by atomic mass is 10.3. The standard InChI is InChI=1S/C13H17N3OS2/c1-8-11(19-12(15-8)9-3-4-9)10-7-18-13(16-10)14-5-6-17-2/h7,9H,3-6H2,1-2H3,(H,14,16). The third kappa shape index (κ3) is 2.96. The summed E-state index contributed by atoms with van der Waals surface area (Å²) < 4.78 is 5.02. The summed E-state index contributed by atoms with van der Waals surface area (Å²) in [6.45, 7) is 3.56. The maximum absolute atomic E-state index is 5.02. The predicted octanol–water partition coefficient (Wildman–Crippen LogP) is 3.51. The van der Waals surface area contributed by atoms with Crippen LogP contribution in [-0.4, -0.2) is 30.2 Å². The molecule has 6 heteroatoms. The van der Waals surface area contributed by atoms with Gasteiger partial charge in [-0.1, -0.05) is 0 Å². The number of rotatable bonds is 6. The van der Waals surface area contributed by atoms with Crippen LogP contribution in [0.25, 0.3) is 10.6 Å². The van der Waals surface area contributed by atoms with Gasteiger partial charge in [-0.15, -0.1) is 22.7 Å². The van der Waals surface area contributed by atoms with E-state index in [1.54, 1.807) is 29.8 Å². The summed E-state index contributed by atoms with van der Waals surface area (Å²) in [6, 6.07) is 0. The largest absolute Gasteiger partial charge is 0.383 e. The van der Waals surface area contributed by atoms with Crippen molar-refractivity contribution in [3.05, 3.63) is 16.1 Å². The highest BCUT2D eigenvalue weighted by atomic mass is 32.1. The molecule has 102 valence electrons. The van der Waals surface area contributed by atoms with Gasteiger partial charge in [0.25, 0.3) is 0 Å². The number of aromatic nitrogens is 2. The van der Waals surface area contributed by atoms with Crippen LogP contribution in [-0.2, 0) is 4.74 Å². The Morgan fingerprint density at radius 1 is 1.42 bits per heavy atom. The average molecular weight is 295 g/mol. The van der Waals surface area contributed by atoms with Gasteiger partial charge in [0.2, 0.25) is 0 Å². The summed E-state index contributed by atoms with van der Waals surface area (Å²) in [5.41, 5.74) is 2.16. The highest BCUT2D eigenvalue weighted by Gasteiger charge is 2.28. The summed E-state index contributed by atoms with van der Waals surface area (Å²) in [4.78, 5) is 10.5. The molecule has 0 aromatic carbocycles. The number of hydrogen-bond donors (Lipinski definition) is 1. The van der Waals surface area contributed by atoms with Crippen molar-refractivity contribution in [1.82, 2.24) is 9.97 Å². The molecule has 1 aliphatic carbocycles. The zero-order chi connectivity index (χ0) is 13.2. The minimum Gasteiger partial charge on any atom is -0.383 e. The molecule has 0 aliphatic heterocycles. The number of methoxy groups -OCH3 is 1. The van der Waals surface area contributed by atoms with Gasteiger partial charge in [-0.3, -0.25) is 0 Å². The first kappa shape index (κ1) is 13.0. The number of anilines is 1. The lowest BCUT2D eigenvalue weighted by molar-refractivity contribution is 0.211. The van der Waals surface area contributed by atoms with Crippen molar-refractivity contribution in [3.8, 4) is 10.6 Å². The van der Waals surface area contributed by atoms with Gasteiger partial charge in [0.05, 0.1) is 27.9 Å². The van der Waals surface area contributed by atoms with E-state index in [4.69, 9.17) is 4.74 Å². The summed E-state index contributed by atoms with van der Waals surface area (Å²) in [5.74, 6) is 0.718. The van der Waals surface area contributed by atoms with Gasteiger partial charge in [-0.25, -0.2) is 9.97 Å². The molecule has 0 saturated heterocycles. The lowest BCUT2D eigenvalue weighted by Crippen LogP contribution is -2.06. The molecule has 0 unspecified atom stereocenters. The van der Waals surface area contributed by atoms with E-state index in [0.717, 1.165) is 29.0 Å². The van der Waals surface area contributed by atoms with E-state index < -0.39 is 0 Å². The van der Waals surface area contributed by atoms with Crippen LogP contribution in [0.3, 0.4) is 0 Å². The molecule has 4 nitrogen and oxygen atoms in total. The summed E-state index contributed by atoms with van der Waals surface area (Å²) in [6.07, 6.45) is 2.60. The van der Waals surface area contributed by atoms with Gasteiger partial charge < -0.3 is 10.1 Å². The van der Waals surface area contributed by atoms with Crippen LogP contribution in [0.5, 0.6) is 0 Å². The Kier molecular flexibility index (Phi) is 3.81. The van der Waals surface area contributed by atoms with Crippen molar-refractivity contribution in [2.75, 3.05) is 25.6 Å². The van der Waals surface area contributed by atoms with E-state index >= 15 is 0 Å². The van der Waals surface area contributed by atoms with Gasteiger partial charge in [0.15, 0.2) is 5.13 Å². The van der Waals surface area contributed by atoms with Gasteiger partial charge in [0.1, 0.15) is 0 Å². The number of hydrogen-bond acceptors (Lipinski definition) is 6. The molecule has 0 radical (unpaired) electrons. The van der Waals surface area contributed by atoms with Crippen LogP contribution in [0.4, 0.5) is 5.13 Å². The van der Waals surface area contributed by atoms with E-state index in [-0.39, 0.29) is 0 Å². The van der Waals surface area contributed by atoms with Crippen molar-refractivity contribution in [1.29, 1.82) is 0 Å². The van der Waals surface area contributed by atoms with Crippen LogP contribution >= 0.6 is 22.7 Å². The minimum absolute atomic E-state index is 0.695. The third-order valence-electron chi connectivity index (χ3n) is 3.06. The quantitative estimate of drug-likeness (QED) is 0.828. The molecular formula is C13H17N3OS2. The fourth-order valence-corrected chi connectivity index (χ4v) is 3.88. The van der Waals surface area contributed by atoms with E-state index in [2.05, 4.69) is 27.6 Å². The number of nitrogens with one attached hydrogen (secondary N) is 1. The Labute approximate surface area is 120 Å². The van der Waals surface area contributed by atoms with Crippen LogP contribution < -0.4 is 5.32 Å². The van der Waals surface area contributed by atoms with Gasteiger partial charge in [0, 0.05) is 25.0 Å². The number of aryl methyl sites for hydroxylation is 1. The van der Waals surface area contributed by atoms with Crippen molar-refractivity contribution in [3.63, 3.8) is 0 Å². The molecule has 1 fully saturated rings. The molecule has 19 heavy (non-hydrogen) atoms.